The Balaban J connectivity index is 1.78. The van der Waals surface area contributed by atoms with Gasteiger partial charge in [0.2, 0.25) is 0 Å². The van der Waals surface area contributed by atoms with Crippen molar-refractivity contribution in [2.24, 2.45) is 28.6 Å². The molecule has 3 saturated carbocycles. The maximum absolute atomic E-state index is 12.5. The van der Waals surface area contributed by atoms with Gasteiger partial charge in [0.1, 0.15) is 5.78 Å². The first-order chi connectivity index (χ1) is 10.8. The minimum atomic E-state index is -0.0762. The lowest BCUT2D eigenvalue weighted by Gasteiger charge is -2.58. The molecule has 0 radical (unpaired) electrons. The second-order valence-corrected chi connectivity index (χ2v) is 10.5. The van der Waals surface area contributed by atoms with E-state index in [-0.39, 0.29) is 21.4 Å². The highest BCUT2D eigenvalue weighted by Gasteiger charge is 2.60. The van der Waals surface area contributed by atoms with Gasteiger partial charge in [0.25, 0.3) is 0 Å². The number of halogens is 2. The number of rotatable bonds is 0. The Labute approximate surface area is 155 Å². The van der Waals surface area contributed by atoms with Crippen LogP contribution in [0.25, 0.3) is 0 Å². The third-order valence-corrected chi connectivity index (χ3v) is 9.43. The average Bonchev–Trinajstić information content (AvgIpc) is 2.79. The number of carbonyl (C=O) groups is 2. The van der Waals surface area contributed by atoms with E-state index in [2.05, 4.69) is 45.7 Å². The number of hydrogen-bond donors (Lipinski definition) is 0. The predicted octanol–water partition coefficient (Wildman–Crippen LogP) is 5.18. The van der Waals surface area contributed by atoms with Crippen LogP contribution in [-0.2, 0) is 9.59 Å². The van der Waals surface area contributed by atoms with Gasteiger partial charge in [-0.25, -0.2) is 0 Å². The first-order valence-corrected chi connectivity index (χ1v) is 10.6. The number of alkyl halides is 1. The topological polar surface area (TPSA) is 34.1 Å². The van der Waals surface area contributed by atoms with E-state index < -0.39 is 0 Å². The fourth-order valence-electron chi connectivity index (χ4n) is 6.43. The Kier molecular flexibility index (Phi) is 3.78. The normalized spacial score (nSPS) is 49.7. The summed E-state index contributed by atoms with van der Waals surface area (Å²) in [5.74, 6) is 2.54. The van der Waals surface area contributed by atoms with Crippen LogP contribution in [0.3, 0.4) is 0 Å². The molecule has 4 rings (SSSR count). The summed E-state index contributed by atoms with van der Waals surface area (Å²) in [6.07, 6.45) is 6.73. The second-order valence-electron chi connectivity index (χ2n) is 8.57. The summed E-state index contributed by atoms with van der Waals surface area (Å²) in [7, 11) is 0. The molecule has 2 nitrogen and oxygen atoms in total. The molecular weight excluding hydrogens is 420 g/mol. The van der Waals surface area contributed by atoms with Crippen LogP contribution in [-0.4, -0.2) is 16.4 Å². The van der Waals surface area contributed by atoms with Crippen LogP contribution < -0.4 is 0 Å². The molecule has 0 unspecified atom stereocenters. The van der Waals surface area contributed by atoms with Crippen LogP contribution in [0.4, 0.5) is 0 Å². The zero-order valence-corrected chi connectivity index (χ0v) is 17.0. The van der Waals surface area contributed by atoms with Crippen molar-refractivity contribution in [2.75, 3.05) is 0 Å². The predicted molar refractivity (Wildman–Crippen MR) is 97.7 cm³/mol. The molecule has 3 fully saturated rings. The van der Waals surface area contributed by atoms with Crippen LogP contribution in [0.1, 0.15) is 58.8 Å². The summed E-state index contributed by atoms with van der Waals surface area (Å²) in [6.45, 7) is 4.60. The Morgan fingerprint density at radius 1 is 1.00 bits per heavy atom. The lowest BCUT2D eigenvalue weighted by molar-refractivity contribution is -0.132. The number of carbonyl (C=O) groups excluding carboxylic acids is 2. The third kappa shape index (κ3) is 2.09. The molecular formula is C19H24Br2O2. The van der Waals surface area contributed by atoms with Gasteiger partial charge in [0.05, 0.1) is 4.48 Å². The Morgan fingerprint density at radius 2 is 1.70 bits per heavy atom. The molecule has 0 N–H and O–H groups in total. The Bertz CT molecular complexity index is 625. The van der Waals surface area contributed by atoms with E-state index >= 15 is 0 Å². The maximum atomic E-state index is 12.5. The van der Waals surface area contributed by atoms with E-state index in [1.165, 1.54) is 5.57 Å². The van der Waals surface area contributed by atoms with Gasteiger partial charge in [0.15, 0.2) is 5.78 Å². The monoisotopic (exact) mass is 442 g/mol. The highest BCUT2D eigenvalue weighted by Crippen LogP contribution is 2.66. The molecule has 4 heteroatoms. The largest absolute Gasteiger partial charge is 0.299 e. The van der Waals surface area contributed by atoms with E-state index in [0.29, 0.717) is 30.0 Å². The van der Waals surface area contributed by atoms with Crippen molar-refractivity contribution in [1.82, 2.24) is 0 Å². The molecule has 0 amide bonds. The smallest absolute Gasteiger partial charge is 0.169 e. The van der Waals surface area contributed by atoms with Gasteiger partial charge in [-0.3, -0.25) is 9.59 Å². The van der Waals surface area contributed by atoms with Gasteiger partial charge in [0, 0.05) is 23.1 Å². The van der Waals surface area contributed by atoms with Crippen LogP contribution in [0, 0.1) is 28.6 Å². The molecule has 6 atom stereocenters. The molecule has 0 saturated heterocycles. The van der Waals surface area contributed by atoms with Gasteiger partial charge in [-0.05, 0) is 76.8 Å². The molecule has 0 aromatic carbocycles. The maximum Gasteiger partial charge on any atom is 0.169 e. The van der Waals surface area contributed by atoms with Gasteiger partial charge in [-0.15, -0.1) is 0 Å². The van der Waals surface area contributed by atoms with Crippen molar-refractivity contribution in [2.45, 2.75) is 63.6 Å². The summed E-state index contributed by atoms with van der Waals surface area (Å²) in [5, 5.41) is 0. The SMILES string of the molecule is C[C@]12CCC(=O)C(Br)=C1[C@H](Br)C[C@@H]1[C@@H]2CC[C@]2(C)C(=O)CC[C@@H]12. The summed E-state index contributed by atoms with van der Waals surface area (Å²) in [6, 6.07) is 0. The van der Waals surface area contributed by atoms with Crippen molar-refractivity contribution >= 4 is 43.4 Å². The van der Waals surface area contributed by atoms with Gasteiger partial charge < -0.3 is 0 Å². The first kappa shape index (κ1) is 16.5. The number of allylic oxidation sites excluding steroid dienone is 1. The quantitative estimate of drug-likeness (QED) is 0.483. The molecule has 0 aliphatic heterocycles. The summed E-state index contributed by atoms with van der Waals surface area (Å²) >= 11 is 7.51. The molecule has 0 spiro atoms. The van der Waals surface area contributed by atoms with Crippen molar-refractivity contribution in [1.29, 1.82) is 0 Å². The number of ketones is 2. The van der Waals surface area contributed by atoms with Crippen molar-refractivity contribution < 1.29 is 9.59 Å². The highest BCUT2D eigenvalue weighted by molar-refractivity contribution is 9.12. The fraction of sp³-hybridized carbons (Fsp3) is 0.789. The van der Waals surface area contributed by atoms with Gasteiger partial charge >= 0.3 is 0 Å². The number of fused-ring (bicyclic) bond motifs is 5. The fourth-order valence-corrected chi connectivity index (χ4v) is 8.85. The summed E-state index contributed by atoms with van der Waals surface area (Å²) in [4.78, 5) is 24.9. The zero-order valence-electron chi connectivity index (χ0n) is 13.8. The van der Waals surface area contributed by atoms with Crippen molar-refractivity contribution in [3.05, 3.63) is 10.1 Å². The summed E-state index contributed by atoms with van der Waals surface area (Å²) in [5.41, 5.74) is 1.34. The van der Waals surface area contributed by atoms with E-state index in [1.54, 1.807) is 0 Å². The number of Topliss-reactive ketones (excluding diaryl/α,β-unsaturated/α-hetero) is 2. The van der Waals surface area contributed by atoms with Crippen LogP contribution in [0.2, 0.25) is 0 Å². The van der Waals surface area contributed by atoms with E-state index in [4.69, 9.17) is 0 Å². The van der Waals surface area contributed by atoms with Gasteiger partial charge in [-0.1, -0.05) is 29.8 Å². The van der Waals surface area contributed by atoms with E-state index in [0.717, 1.165) is 43.0 Å². The first-order valence-electron chi connectivity index (χ1n) is 8.90. The summed E-state index contributed by atoms with van der Waals surface area (Å²) < 4.78 is 0.836. The van der Waals surface area contributed by atoms with E-state index in [1.807, 2.05) is 0 Å². The molecule has 4 aliphatic carbocycles. The molecule has 0 aromatic rings. The minimum Gasteiger partial charge on any atom is -0.299 e. The zero-order chi connectivity index (χ0) is 16.6. The van der Waals surface area contributed by atoms with E-state index in [9.17, 15) is 9.59 Å². The van der Waals surface area contributed by atoms with Crippen LogP contribution in [0.5, 0.6) is 0 Å². The molecule has 0 aromatic heterocycles. The molecule has 0 heterocycles. The Hall–Kier alpha value is 0.0400. The lowest BCUT2D eigenvalue weighted by Crippen LogP contribution is -2.53. The third-order valence-electron chi connectivity index (χ3n) is 7.72. The van der Waals surface area contributed by atoms with Crippen molar-refractivity contribution in [3.63, 3.8) is 0 Å². The highest BCUT2D eigenvalue weighted by atomic mass is 79.9. The van der Waals surface area contributed by atoms with Gasteiger partial charge in [-0.2, -0.15) is 0 Å². The molecule has 0 bridgehead atoms. The lowest BCUT2D eigenvalue weighted by atomic mass is 9.47. The minimum absolute atomic E-state index is 0.0762. The molecule has 4 aliphatic rings. The van der Waals surface area contributed by atoms with Crippen molar-refractivity contribution in [3.8, 4) is 0 Å². The second kappa shape index (κ2) is 5.27. The standard InChI is InChI=1S/C19H24Br2O2/c1-18-7-5-12-10(11(18)3-4-15(18)23)9-13(20)16-17(21)14(22)6-8-19(12,16)2/h10-13H,3-9H2,1-2H3/t10-,11-,12-,13+,18-,19+/m0/s1. The average molecular weight is 444 g/mol. The molecule has 23 heavy (non-hydrogen) atoms. The Morgan fingerprint density at radius 3 is 2.43 bits per heavy atom. The van der Waals surface area contributed by atoms with Crippen LogP contribution in [0.15, 0.2) is 10.1 Å². The number of hydrogen-bond acceptors (Lipinski definition) is 2. The van der Waals surface area contributed by atoms with Crippen LogP contribution >= 0.6 is 31.9 Å². The molecule has 126 valence electrons.